The summed E-state index contributed by atoms with van der Waals surface area (Å²) in [4.78, 5) is 0. The molecule has 90 valence electrons. The van der Waals surface area contributed by atoms with E-state index in [1.807, 2.05) is 41.2 Å². The van der Waals surface area contributed by atoms with Crippen molar-refractivity contribution in [3.63, 3.8) is 0 Å². The molecule has 0 fully saturated rings. The minimum Gasteiger partial charge on any atom is -0.330 e. The Morgan fingerprint density at radius 1 is 1.18 bits per heavy atom. The zero-order valence-electron chi connectivity index (χ0n) is 10.4. The largest absolute Gasteiger partial charge is 0.330 e. The van der Waals surface area contributed by atoms with Gasteiger partial charge in [-0.1, -0.05) is 32.0 Å². The lowest BCUT2D eigenvalue weighted by molar-refractivity contribution is 0.372. The van der Waals surface area contributed by atoms with Gasteiger partial charge < -0.3 is 5.73 Å². The second-order valence-corrected chi connectivity index (χ2v) is 5.13. The van der Waals surface area contributed by atoms with E-state index in [1.54, 1.807) is 0 Å². The van der Waals surface area contributed by atoms with Gasteiger partial charge in [0.1, 0.15) is 0 Å². The zero-order chi connectivity index (χ0) is 12.3. The van der Waals surface area contributed by atoms with Gasteiger partial charge in [-0.3, -0.25) is 0 Å². The van der Waals surface area contributed by atoms with Gasteiger partial charge >= 0.3 is 0 Å². The fourth-order valence-corrected chi connectivity index (χ4v) is 1.74. The number of rotatable bonds is 4. The smallest absolute Gasteiger partial charge is 0.0645 e. The first-order chi connectivity index (χ1) is 8.11. The molecule has 2 N–H and O–H groups in total. The van der Waals surface area contributed by atoms with Crippen LogP contribution in [0.5, 0.6) is 0 Å². The molecule has 3 nitrogen and oxygen atoms in total. The summed E-state index contributed by atoms with van der Waals surface area (Å²) in [6.45, 7) is 4.99. The predicted molar refractivity (Wildman–Crippen MR) is 70.1 cm³/mol. The van der Waals surface area contributed by atoms with Crippen LogP contribution in [0, 0.1) is 5.41 Å². The zero-order valence-corrected chi connectivity index (χ0v) is 10.4. The van der Waals surface area contributed by atoms with Crippen molar-refractivity contribution in [2.75, 3.05) is 6.54 Å². The van der Waals surface area contributed by atoms with Crippen LogP contribution in [0.1, 0.15) is 19.5 Å². The van der Waals surface area contributed by atoms with Gasteiger partial charge in [-0.15, -0.1) is 0 Å². The maximum atomic E-state index is 5.74. The van der Waals surface area contributed by atoms with E-state index >= 15 is 0 Å². The molecular weight excluding hydrogens is 210 g/mol. The fourth-order valence-electron chi connectivity index (χ4n) is 1.74. The van der Waals surface area contributed by atoms with Crippen molar-refractivity contribution in [2.24, 2.45) is 11.1 Å². The molecule has 0 aliphatic heterocycles. The lowest BCUT2D eigenvalue weighted by Gasteiger charge is -2.20. The van der Waals surface area contributed by atoms with Gasteiger partial charge in [0.15, 0.2) is 0 Å². The summed E-state index contributed by atoms with van der Waals surface area (Å²) in [5.41, 5.74) is 8.02. The van der Waals surface area contributed by atoms with E-state index in [-0.39, 0.29) is 5.41 Å². The molecule has 17 heavy (non-hydrogen) atoms. The molecule has 0 spiro atoms. The third kappa shape index (κ3) is 2.94. The van der Waals surface area contributed by atoms with Crippen LogP contribution in [0.4, 0.5) is 0 Å². The number of benzene rings is 1. The summed E-state index contributed by atoms with van der Waals surface area (Å²) in [5.74, 6) is 0. The summed E-state index contributed by atoms with van der Waals surface area (Å²) in [6, 6.07) is 12.2. The second kappa shape index (κ2) is 4.72. The van der Waals surface area contributed by atoms with Gasteiger partial charge in [0.05, 0.1) is 11.4 Å². The number of nitrogens with two attached hydrogens (primary N) is 1. The molecule has 0 amide bonds. The van der Waals surface area contributed by atoms with Crippen LogP contribution in [0.2, 0.25) is 0 Å². The van der Waals surface area contributed by atoms with Gasteiger partial charge in [0, 0.05) is 6.20 Å². The van der Waals surface area contributed by atoms with Crippen molar-refractivity contribution in [2.45, 2.75) is 20.3 Å². The summed E-state index contributed by atoms with van der Waals surface area (Å²) < 4.78 is 1.90. The molecule has 0 atom stereocenters. The van der Waals surface area contributed by atoms with E-state index in [9.17, 15) is 0 Å². The molecule has 0 radical (unpaired) electrons. The highest BCUT2D eigenvalue weighted by Gasteiger charge is 2.17. The minimum atomic E-state index is 0.107. The van der Waals surface area contributed by atoms with Gasteiger partial charge in [-0.25, -0.2) is 4.68 Å². The van der Waals surface area contributed by atoms with Crippen molar-refractivity contribution in [1.29, 1.82) is 0 Å². The van der Waals surface area contributed by atoms with Crippen LogP contribution in [-0.4, -0.2) is 16.3 Å². The Labute approximate surface area is 102 Å². The first-order valence-corrected chi connectivity index (χ1v) is 5.91. The standard InChI is InChI=1S/C14H19N3/c1-14(2,11-15)10-12-8-9-17(16-12)13-6-4-3-5-7-13/h3-9H,10-11,15H2,1-2H3. The molecule has 2 rings (SSSR count). The predicted octanol–water partition coefficient (Wildman–Crippen LogP) is 2.40. The Morgan fingerprint density at radius 3 is 2.53 bits per heavy atom. The Morgan fingerprint density at radius 2 is 1.88 bits per heavy atom. The first kappa shape index (κ1) is 11.9. The van der Waals surface area contributed by atoms with Crippen LogP contribution in [0.15, 0.2) is 42.6 Å². The maximum absolute atomic E-state index is 5.74. The monoisotopic (exact) mass is 229 g/mol. The number of hydrogen-bond donors (Lipinski definition) is 1. The second-order valence-electron chi connectivity index (χ2n) is 5.13. The van der Waals surface area contributed by atoms with Gasteiger partial charge in [0.25, 0.3) is 0 Å². The van der Waals surface area contributed by atoms with Crippen molar-refractivity contribution in [3.8, 4) is 5.69 Å². The highest BCUT2D eigenvalue weighted by Crippen LogP contribution is 2.19. The molecule has 0 saturated heterocycles. The fraction of sp³-hybridized carbons (Fsp3) is 0.357. The first-order valence-electron chi connectivity index (χ1n) is 5.91. The average Bonchev–Trinajstić information content (AvgIpc) is 2.78. The van der Waals surface area contributed by atoms with E-state index < -0.39 is 0 Å². The molecular formula is C14H19N3. The Balaban J connectivity index is 2.17. The molecule has 0 aliphatic rings. The number of aromatic nitrogens is 2. The third-order valence-electron chi connectivity index (χ3n) is 2.88. The number of nitrogens with zero attached hydrogens (tertiary/aromatic N) is 2. The average molecular weight is 229 g/mol. The van der Waals surface area contributed by atoms with Crippen LogP contribution in [-0.2, 0) is 6.42 Å². The number of hydrogen-bond acceptors (Lipinski definition) is 2. The highest BCUT2D eigenvalue weighted by atomic mass is 15.3. The minimum absolute atomic E-state index is 0.107. The van der Waals surface area contributed by atoms with Gasteiger partial charge in [-0.2, -0.15) is 5.10 Å². The van der Waals surface area contributed by atoms with E-state index in [1.165, 1.54) is 0 Å². The molecule has 1 aromatic heterocycles. The highest BCUT2D eigenvalue weighted by molar-refractivity contribution is 5.30. The van der Waals surface area contributed by atoms with E-state index in [4.69, 9.17) is 5.73 Å². The molecule has 0 saturated carbocycles. The van der Waals surface area contributed by atoms with E-state index in [2.05, 4.69) is 25.0 Å². The third-order valence-corrected chi connectivity index (χ3v) is 2.88. The number of para-hydroxylation sites is 1. The molecule has 0 unspecified atom stereocenters. The summed E-state index contributed by atoms with van der Waals surface area (Å²) in [5, 5.41) is 4.57. The molecule has 0 aliphatic carbocycles. The van der Waals surface area contributed by atoms with Crippen molar-refractivity contribution in [1.82, 2.24) is 9.78 Å². The quantitative estimate of drug-likeness (QED) is 0.875. The van der Waals surface area contributed by atoms with E-state index in [0.717, 1.165) is 17.8 Å². The molecule has 3 heteroatoms. The van der Waals surface area contributed by atoms with Crippen LogP contribution < -0.4 is 5.73 Å². The SMILES string of the molecule is CC(C)(CN)Cc1ccn(-c2ccccc2)n1. The van der Waals surface area contributed by atoms with E-state index in [0.29, 0.717) is 6.54 Å². The Bertz CT molecular complexity index is 471. The molecule has 2 aromatic rings. The molecule has 1 heterocycles. The molecule has 0 bridgehead atoms. The normalized spacial score (nSPS) is 11.7. The molecule has 1 aromatic carbocycles. The topological polar surface area (TPSA) is 43.8 Å². The van der Waals surface area contributed by atoms with Crippen molar-refractivity contribution in [3.05, 3.63) is 48.3 Å². The van der Waals surface area contributed by atoms with Crippen LogP contribution in [0.25, 0.3) is 5.69 Å². The lowest BCUT2D eigenvalue weighted by Crippen LogP contribution is -2.26. The van der Waals surface area contributed by atoms with Gasteiger partial charge in [-0.05, 0) is 36.6 Å². The summed E-state index contributed by atoms with van der Waals surface area (Å²) in [6.07, 6.45) is 2.90. The maximum Gasteiger partial charge on any atom is 0.0645 e. The van der Waals surface area contributed by atoms with Crippen LogP contribution in [0.3, 0.4) is 0 Å². The Hall–Kier alpha value is -1.61. The lowest BCUT2D eigenvalue weighted by atomic mass is 9.88. The Kier molecular flexibility index (Phi) is 3.29. The van der Waals surface area contributed by atoms with Crippen molar-refractivity contribution >= 4 is 0 Å². The van der Waals surface area contributed by atoms with Gasteiger partial charge in [0.2, 0.25) is 0 Å². The van der Waals surface area contributed by atoms with Crippen molar-refractivity contribution < 1.29 is 0 Å². The summed E-state index contributed by atoms with van der Waals surface area (Å²) >= 11 is 0. The van der Waals surface area contributed by atoms with Crippen LogP contribution >= 0.6 is 0 Å². The summed E-state index contributed by atoms with van der Waals surface area (Å²) in [7, 11) is 0.